The first-order valence-corrected chi connectivity index (χ1v) is 11.0. The minimum Gasteiger partial charge on any atom is -0.481 e. The topological polar surface area (TPSA) is 73.5 Å². The van der Waals surface area contributed by atoms with Crippen molar-refractivity contribution in [3.63, 3.8) is 0 Å². The second kappa shape index (κ2) is 8.83. The van der Waals surface area contributed by atoms with Gasteiger partial charge >= 0.3 is 5.97 Å². The molecule has 4 nitrogen and oxygen atoms in total. The first kappa shape index (κ1) is 21.0. The summed E-state index contributed by atoms with van der Waals surface area (Å²) in [6.45, 7) is 0. The van der Waals surface area contributed by atoms with E-state index in [9.17, 15) is 14.4 Å². The zero-order chi connectivity index (χ0) is 21.8. The summed E-state index contributed by atoms with van der Waals surface area (Å²) in [7, 11) is 0. The Morgan fingerprint density at radius 1 is 1.19 bits per heavy atom. The van der Waals surface area contributed by atoms with E-state index in [1.807, 2.05) is 36.4 Å². The molecule has 1 saturated carbocycles. The van der Waals surface area contributed by atoms with Gasteiger partial charge in [0.05, 0.1) is 17.2 Å². The molecule has 1 fully saturated rings. The molecule has 0 saturated heterocycles. The number of hydrogen-bond acceptors (Lipinski definition) is 4. The number of carbonyl (C=O) groups is 1. The molecular formula is C25H21FN2O2S. The third kappa shape index (κ3) is 4.89. The van der Waals surface area contributed by atoms with Gasteiger partial charge in [-0.3, -0.25) is 9.79 Å². The lowest BCUT2D eigenvalue weighted by Gasteiger charge is -2.05. The molecule has 1 aliphatic carbocycles. The van der Waals surface area contributed by atoms with Crippen molar-refractivity contribution in [1.82, 2.24) is 0 Å². The van der Waals surface area contributed by atoms with Gasteiger partial charge in [-0.25, -0.2) is 4.39 Å². The SMILES string of the molecule is N#CC1(c2ccc(-c3ccc(F)cc3/C=N/c3ccc(CCCC(=O)O)cc3)s2)CC1. The molecule has 1 heterocycles. The van der Waals surface area contributed by atoms with Gasteiger partial charge in [0.15, 0.2) is 0 Å². The average molecular weight is 433 g/mol. The van der Waals surface area contributed by atoms with Crippen molar-refractivity contribution >= 4 is 29.2 Å². The molecule has 6 heteroatoms. The zero-order valence-corrected chi connectivity index (χ0v) is 17.7. The first-order valence-electron chi connectivity index (χ1n) is 10.2. The molecule has 1 aliphatic rings. The lowest BCUT2D eigenvalue weighted by Crippen LogP contribution is -1.97. The fourth-order valence-corrected chi connectivity index (χ4v) is 4.73. The number of carboxylic acids is 1. The van der Waals surface area contributed by atoms with Crippen LogP contribution in [0.15, 0.2) is 59.6 Å². The van der Waals surface area contributed by atoms with Crippen molar-refractivity contribution < 1.29 is 14.3 Å². The van der Waals surface area contributed by atoms with Gasteiger partial charge in [-0.1, -0.05) is 12.1 Å². The summed E-state index contributed by atoms with van der Waals surface area (Å²) in [6, 6.07) is 18.7. The van der Waals surface area contributed by atoms with Crippen molar-refractivity contribution in [3.8, 4) is 16.5 Å². The summed E-state index contributed by atoms with van der Waals surface area (Å²) in [5.74, 6) is -1.11. The number of carboxylic acid groups (broad SMARTS) is 1. The molecule has 156 valence electrons. The van der Waals surface area contributed by atoms with Crippen LogP contribution in [0.1, 0.15) is 41.7 Å². The Morgan fingerprint density at radius 2 is 1.97 bits per heavy atom. The van der Waals surface area contributed by atoms with Crippen LogP contribution in [-0.4, -0.2) is 17.3 Å². The Labute approximate surface area is 184 Å². The lowest BCUT2D eigenvalue weighted by atomic mass is 10.1. The molecule has 2 aromatic carbocycles. The molecular weight excluding hydrogens is 411 g/mol. The zero-order valence-electron chi connectivity index (χ0n) is 16.8. The number of aryl methyl sites for hydroxylation is 1. The van der Waals surface area contributed by atoms with Crippen LogP contribution in [0.4, 0.5) is 10.1 Å². The molecule has 0 unspecified atom stereocenters. The molecule has 0 amide bonds. The van der Waals surface area contributed by atoms with Crippen LogP contribution in [0, 0.1) is 17.1 Å². The van der Waals surface area contributed by atoms with E-state index < -0.39 is 5.97 Å². The highest BCUT2D eigenvalue weighted by molar-refractivity contribution is 7.15. The highest BCUT2D eigenvalue weighted by Crippen LogP contribution is 2.51. The molecule has 1 N–H and O–H groups in total. The van der Waals surface area contributed by atoms with Crippen LogP contribution < -0.4 is 0 Å². The first-order chi connectivity index (χ1) is 15.0. The molecule has 4 rings (SSSR count). The van der Waals surface area contributed by atoms with Gasteiger partial charge in [0.2, 0.25) is 0 Å². The number of benzene rings is 2. The summed E-state index contributed by atoms with van der Waals surface area (Å²) >= 11 is 1.58. The summed E-state index contributed by atoms with van der Waals surface area (Å²) in [6.07, 6.45) is 4.91. The van der Waals surface area contributed by atoms with Crippen molar-refractivity contribution in [2.45, 2.75) is 37.5 Å². The standard InChI is InChI=1S/C25H21FN2O2S/c26-19-6-9-21(22-10-11-23(31-22)25(16-27)12-13-25)18(14-19)15-28-20-7-4-17(5-8-20)2-1-3-24(29)30/h4-11,14-15H,1-3,12-13H2,(H,29,30)/b28-15+. The van der Waals surface area contributed by atoms with E-state index in [0.717, 1.165) is 39.4 Å². The Balaban J connectivity index is 1.52. The third-order valence-electron chi connectivity index (χ3n) is 5.47. The highest BCUT2D eigenvalue weighted by atomic mass is 32.1. The van der Waals surface area contributed by atoms with E-state index in [1.165, 1.54) is 12.1 Å². The molecule has 0 atom stereocenters. The van der Waals surface area contributed by atoms with Crippen molar-refractivity contribution in [1.29, 1.82) is 5.26 Å². The Morgan fingerprint density at radius 3 is 2.65 bits per heavy atom. The number of halogens is 1. The number of aliphatic imine (C=N–C) groups is 1. The lowest BCUT2D eigenvalue weighted by molar-refractivity contribution is -0.137. The fourth-order valence-electron chi connectivity index (χ4n) is 3.48. The fraction of sp³-hybridized carbons (Fsp3) is 0.240. The number of thiophene rings is 1. The van der Waals surface area contributed by atoms with Gasteiger partial charge < -0.3 is 5.11 Å². The third-order valence-corrected chi connectivity index (χ3v) is 6.79. The molecule has 0 aliphatic heterocycles. The predicted octanol–water partition coefficient (Wildman–Crippen LogP) is 6.27. The molecule has 1 aromatic heterocycles. The molecule has 31 heavy (non-hydrogen) atoms. The van der Waals surface area contributed by atoms with Crippen LogP contribution in [0.25, 0.3) is 10.4 Å². The van der Waals surface area contributed by atoms with Crippen LogP contribution in [0.2, 0.25) is 0 Å². The largest absolute Gasteiger partial charge is 0.481 e. The van der Waals surface area contributed by atoms with E-state index in [4.69, 9.17) is 5.11 Å². The summed E-state index contributed by atoms with van der Waals surface area (Å²) in [5.41, 5.74) is 3.04. The summed E-state index contributed by atoms with van der Waals surface area (Å²) in [5, 5.41) is 18.2. The second-order valence-electron chi connectivity index (χ2n) is 7.76. The second-order valence-corrected chi connectivity index (χ2v) is 8.85. The van der Waals surface area contributed by atoms with E-state index in [-0.39, 0.29) is 17.7 Å². The maximum Gasteiger partial charge on any atom is 0.303 e. The quantitative estimate of drug-likeness (QED) is 0.427. The Hall–Kier alpha value is -3.30. The van der Waals surface area contributed by atoms with Crippen LogP contribution >= 0.6 is 11.3 Å². The van der Waals surface area contributed by atoms with Crippen molar-refractivity contribution in [3.05, 3.63) is 76.4 Å². The van der Waals surface area contributed by atoms with Gasteiger partial charge in [-0.15, -0.1) is 11.3 Å². The monoisotopic (exact) mass is 432 g/mol. The molecule has 3 aromatic rings. The van der Waals surface area contributed by atoms with E-state index in [1.54, 1.807) is 23.6 Å². The Bertz CT molecular complexity index is 1170. The predicted molar refractivity (Wildman–Crippen MR) is 121 cm³/mol. The van der Waals surface area contributed by atoms with E-state index >= 15 is 0 Å². The number of hydrogen-bond donors (Lipinski definition) is 1. The van der Waals surface area contributed by atoms with Crippen molar-refractivity contribution in [2.24, 2.45) is 4.99 Å². The van der Waals surface area contributed by atoms with Gasteiger partial charge in [-0.2, -0.15) is 5.26 Å². The van der Waals surface area contributed by atoms with Crippen LogP contribution in [0.5, 0.6) is 0 Å². The number of aliphatic carboxylic acids is 1. The van der Waals surface area contributed by atoms with Gasteiger partial charge in [0.1, 0.15) is 5.82 Å². The minimum absolute atomic E-state index is 0.155. The van der Waals surface area contributed by atoms with E-state index in [2.05, 4.69) is 11.1 Å². The summed E-state index contributed by atoms with van der Waals surface area (Å²) in [4.78, 5) is 17.2. The number of rotatable bonds is 8. The summed E-state index contributed by atoms with van der Waals surface area (Å²) < 4.78 is 13.9. The normalized spacial score (nSPS) is 14.5. The molecule has 0 radical (unpaired) electrons. The average Bonchev–Trinajstić information content (AvgIpc) is 3.41. The van der Waals surface area contributed by atoms with Crippen LogP contribution in [-0.2, 0) is 16.6 Å². The maximum atomic E-state index is 13.9. The maximum absolute atomic E-state index is 13.9. The molecule has 0 spiro atoms. The van der Waals surface area contributed by atoms with Gasteiger partial charge in [0, 0.05) is 33.5 Å². The minimum atomic E-state index is -0.787. The van der Waals surface area contributed by atoms with Crippen LogP contribution in [0.3, 0.4) is 0 Å². The number of nitriles is 1. The van der Waals surface area contributed by atoms with E-state index in [0.29, 0.717) is 18.4 Å². The smallest absolute Gasteiger partial charge is 0.303 e. The van der Waals surface area contributed by atoms with Gasteiger partial charge in [-0.05, 0) is 73.7 Å². The number of nitrogens with zero attached hydrogens (tertiary/aromatic N) is 2. The Kier molecular flexibility index (Phi) is 5.97. The molecule has 0 bridgehead atoms. The highest BCUT2D eigenvalue weighted by Gasteiger charge is 2.46. The van der Waals surface area contributed by atoms with Gasteiger partial charge in [0.25, 0.3) is 0 Å². The van der Waals surface area contributed by atoms with Crippen molar-refractivity contribution in [2.75, 3.05) is 0 Å².